The molecule has 0 aliphatic carbocycles. The Morgan fingerprint density at radius 3 is 2.42 bits per heavy atom. The minimum Gasteiger partial charge on any atom is -0.489 e. The van der Waals surface area contributed by atoms with E-state index in [1.807, 2.05) is 60.7 Å². The van der Waals surface area contributed by atoms with Crippen LogP contribution >= 0.6 is 0 Å². The Kier molecular flexibility index (Phi) is 5.99. The molecule has 4 nitrogen and oxygen atoms in total. The van der Waals surface area contributed by atoms with Crippen LogP contribution in [-0.4, -0.2) is 11.9 Å². The van der Waals surface area contributed by atoms with E-state index in [4.69, 9.17) is 9.47 Å². The summed E-state index contributed by atoms with van der Waals surface area (Å²) in [6, 6.07) is 23.8. The summed E-state index contributed by atoms with van der Waals surface area (Å²) >= 11 is 0. The van der Waals surface area contributed by atoms with Crippen LogP contribution in [0.1, 0.15) is 47.6 Å². The number of rotatable bonds is 6. The van der Waals surface area contributed by atoms with Crippen molar-refractivity contribution in [1.29, 1.82) is 0 Å². The first-order valence-electron chi connectivity index (χ1n) is 10.4. The largest absolute Gasteiger partial charge is 0.489 e. The van der Waals surface area contributed by atoms with E-state index >= 15 is 0 Å². The number of aryl methyl sites for hydroxylation is 1. The normalized spacial score (nSPS) is 14.6. The van der Waals surface area contributed by atoms with E-state index in [2.05, 4.69) is 37.9 Å². The van der Waals surface area contributed by atoms with E-state index in [0.29, 0.717) is 18.4 Å². The third-order valence-electron chi connectivity index (χ3n) is 5.12. The lowest BCUT2D eigenvalue weighted by atomic mass is 10.0. The van der Waals surface area contributed by atoms with Gasteiger partial charge in [-0.05, 0) is 59.9 Å². The Balaban J connectivity index is 1.44. The molecule has 0 bridgehead atoms. The summed E-state index contributed by atoms with van der Waals surface area (Å²) in [6.07, 6.45) is 1.72. The number of ether oxygens (including phenoxy) is 2. The highest BCUT2D eigenvalue weighted by molar-refractivity contribution is 6.12. The van der Waals surface area contributed by atoms with Crippen molar-refractivity contribution >= 4 is 17.9 Å². The molecular formula is C27H25NO3. The monoisotopic (exact) mass is 411 g/mol. The van der Waals surface area contributed by atoms with Gasteiger partial charge in [-0.2, -0.15) is 0 Å². The van der Waals surface area contributed by atoms with Gasteiger partial charge in [0.25, 0.3) is 0 Å². The number of esters is 1. The van der Waals surface area contributed by atoms with E-state index in [9.17, 15) is 4.79 Å². The molecular weight excluding hydrogens is 386 g/mol. The number of aliphatic imine (C=N–C) groups is 1. The third-order valence-corrected chi connectivity index (χ3v) is 5.12. The molecule has 0 aromatic heterocycles. The van der Waals surface area contributed by atoms with E-state index in [0.717, 1.165) is 22.4 Å². The van der Waals surface area contributed by atoms with Crippen LogP contribution in [0.2, 0.25) is 0 Å². The fraction of sp³-hybridized carbons (Fsp3) is 0.185. The molecule has 0 radical (unpaired) electrons. The van der Waals surface area contributed by atoms with Gasteiger partial charge in [-0.25, -0.2) is 9.79 Å². The van der Waals surface area contributed by atoms with Crippen molar-refractivity contribution in [2.45, 2.75) is 33.3 Å². The predicted octanol–water partition coefficient (Wildman–Crippen LogP) is 6.04. The van der Waals surface area contributed by atoms with Gasteiger partial charge < -0.3 is 9.47 Å². The van der Waals surface area contributed by atoms with Crippen molar-refractivity contribution in [3.63, 3.8) is 0 Å². The summed E-state index contributed by atoms with van der Waals surface area (Å²) in [5, 5.41) is 0. The Hall–Kier alpha value is -3.66. The smallest absolute Gasteiger partial charge is 0.363 e. The molecule has 1 aliphatic heterocycles. The Morgan fingerprint density at radius 2 is 1.74 bits per heavy atom. The SMILES string of the molecule is Cc1cccc(COc2ccc(/C=C3\N=C(c4ccc(C(C)C)cc4)OC3=O)cc2)c1. The summed E-state index contributed by atoms with van der Waals surface area (Å²) in [4.78, 5) is 16.7. The molecule has 3 aromatic carbocycles. The van der Waals surface area contributed by atoms with E-state index in [-0.39, 0.29) is 5.70 Å². The number of hydrogen-bond acceptors (Lipinski definition) is 4. The fourth-order valence-corrected chi connectivity index (χ4v) is 3.33. The van der Waals surface area contributed by atoms with Gasteiger partial charge in [-0.1, -0.05) is 67.9 Å². The maximum atomic E-state index is 12.3. The summed E-state index contributed by atoms with van der Waals surface area (Å²) in [5.41, 5.74) is 5.51. The molecule has 3 aromatic rings. The number of benzene rings is 3. The van der Waals surface area contributed by atoms with Crippen molar-refractivity contribution in [3.8, 4) is 5.75 Å². The molecule has 0 amide bonds. The molecule has 0 spiro atoms. The topological polar surface area (TPSA) is 47.9 Å². The van der Waals surface area contributed by atoms with Gasteiger partial charge in [0.15, 0.2) is 5.70 Å². The summed E-state index contributed by atoms with van der Waals surface area (Å²) in [7, 11) is 0. The Morgan fingerprint density at radius 1 is 1.00 bits per heavy atom. The van der Waals surface area contributed by atoms with Gasteiger partial charge in [0, 0.05) is 5.56 Å². The molecule has 31 heavy (non-hydrogen) atoms. The number of cyclic esters (lactones) is 1. The molecule has 4 rings (SSSR count). The van der Waals surface area contributed by atoms with Gasteiger partial charge in [-0.3, -0.25) is 0 Å². The van der Waals surface area contributed by atoms with Crippen LogP contribution in [0.5, 0.6) is 5.75 Å². The molecule has 0 saturated carbocycles. The summed E-state index contributed by atoms with van der Waals surface area (Å²) in [5.74, 6) is 1.11. The third kappa shape index (κ3) is 5.10. The Labute approximate surface area is 182 Å². The number of hydrogen-bond donors (Lipinski definition) is 0. The minimum absolute atomic E-state index is 0.288. The van der Waals surface area contributed by atoms with E-state index in [1.165, 1.54) is 11.1 Å². The first kappa shape index (κ1) is 20.6. The molecule has 4 heteroatoms. The second kappa shape index (κ2) is 9.00. The second-order valence-corrected chi connectivity index (χ2v) is 7.96. The van der Waals surface area contributed by atoms with Crippen LogP contribution in [0.15, 0.2) is 83.5 Å². The van der Waals surface area contributed by atoms with E-state index < -0.39 is 5.97 Å². The van der Waals surface area contributed by atoms with Crippen LogP contribution < -0.4 is 4.74 Å². The zero-order valence-corrected chi connectivity index (χ0v) is 18.0. The summed E-state index contributed by atoms with van der Waals surface area (Å²) in [6.45, 7) is 6.86. The van der Waals surface area contributed by atoms with Crippen molar-refractivity contribution in [2.75, 3.05) is 0 Å². The van der Waals surface area contributed by atoms with Crippen molar-refractivity contribution in [3.05, 3.63) is 106 Å². The summed E-state index contributed by atoms with van der Waals surface area (Å²) < 4.78 is 11.2. The number of carbonyl (C=O) groups is 1. The van der Waals surface area contributed by atoms with Gasteiger partial charge >= 0.3 is 5.97 Å². The highest BCUT2D eigenvalue weighted by Gasteiger charge is 2.24. The lowest BCUT2D eigenvalue weighted by Crippen LogP contribution is -2.05. The lowest BCUT2D eigenvalue weighted by molar-refractivity contribution is -0.129. The van der Waals surface area contributed by atoms with Gasteiger partial charge in [0.05, 0.1) is 0 Å². The fourth-order valence-electron chi connectivity index (χ4n) is 3.33. The van der Waals surface area contributed by atoms with Crippen LogP contribution in [-0.2, 0) is 16.1 Å². The molecule has 1 aliphatic rings. The highest BCUT2D eigenvalue weighted by atomic mass is 16.6. The molecule has 0 fully saturated rings. The lowest BCUT2D eigenvalue weighted by Gasteiger charge is -2.07. The predicted molar refractivity (Wildman–Crippen MR) is 123 cm³/mol. The zero-order valence-electron chi connectivity index (χ0n) is 18.0. The maximum Gasteiger partial charge on any atom is 0.363 e. The molecule has 0 atom stereocenters. The van der Waals surface area contributed by atoms with E-state index in [1.54, 1.807) is 6.08 Å². The van der Waals surface area contributed by atoms with Crippen molar-refractivity contribution < 1.29 is 14.3 Å². The van der Waals surface area contributed by atoms with Gasteiger partial charge in [-0.15, -0.1) is 0 Å². The van der Waals surface area contributed by atoms with Crippen LogP contribution in [0, 0.1) is 6.92 Å². The molecule has 0 unspecified atom stereocenters. The first-order valence-corrected chi connectivity index (χ1v) is 10.4. The standard InChI is InChI=1S/C27H25NO3/c1-18(2)22-9-11-23(12-10-22)26-28-25(27(29)31-26)16-20-7-13-24(14-8-20)30-17-21-6-4-5-19(3)15-21/h4-16,18H,17H2,1-3H3/b25-16-. The van der Waals surface area contributed by atoms with Crippen LogP contribution in [0.25, 0.3) is 6.08 Å². The molecule has 156 valence electrons. The minimum atomic E-state index is -0.442. The van der Waals surface area contributed by atoms with Crippen molar-refractivity contribution in [2.24, 2.45) is 4.99 Å². The second-order valence-electron chi connectivity index (χ2n) is 7.96. The van der Waals surface area contributed by atoms with Gasteiger partial charge in [0.1, 0.15) is 12.4 Å². The number of nitrogens with zero attached hydrogens (tertiary/aromatic N) is 1. The first-order chi connectivity index (χ1) is 15.0. The molecule has 0 saturated heterocycles. The van der Waals surface area contributed by atoms with Crippen LogP contribution in [0.4, 0.5) is 0 Å². The van der Waals surface area contributed by atoms with Crippen molar-refractivity contribution in [1.82, 2.24) is 0 Å². The molecule has 1 heterocycles. The quantitative estimate of drug-likeness (QED) is 0.367. The number of carbonyl (C=O) groups excluding carboxylic acids is 1. The van der Waals surface area contributed by atoms with Gasteiger partial charge in [0.2, 0.25) is 5.90 Å². The maximum absolute atomic E-state index is 12.3. The average Bonchev–Trinajstić information content (AvgIpc) is 3.13. The van der Waals surface area contributed by atoms with Crippen LogP contribution in [0.3, 0.4) is 0 Å². The Bertz CT molecular complexity index is 1140. The highest BCUT2D eigenvalue weighted by Crippen LogP contribution is 2.22. The zero-order chi connectivity index (χ0) is 21.8. The molecule has 0 N–H and O–H groups in total. The average molecular weight is 412 g/mol.